The highest BCUT2D eigenvalue weighted by Crippen LogP contribution is 2.67. The van der Waals surface area contributed by atoms with Gasteiger partial charge in [0.05, 0.1) is 0 Å². The van der Waals surface area contributed by atoms with Gasteiger partial charge in [0.15, 0.2) is 0 Å². The van der Waals surface area contributed by atoms with Crippen molar-refractivity contribution in [3.05, 3.63) is 0 Å². The fraction of sp³-hybridized carbons (Fsp3) is 0.952. The minimum atomic E-state index is 0.307. The Morgan fingerprint density at radius 1 is 0.913 bits per heavy atom. The van der Waals surface area contributed by atoms with Crippen LogP contribution in [0.5, 0.6) is 0 Å². The standard InChI is InChI=1S/C21H35NO/c1-13(23)17-6-7-18-16-5-4-14-12-15(22)8-10-20(14,2)19(16)9-11-21(17,18)3/h14-19H,4-12,22H2,1-3H3/t14-,15+,16-,17-,18-,19-,20-,21+/m0/s1. The zero-order valence-electron chi connectivity index (χ0n) is 15.3. The first-order chi connectivity index (χ1) is 10.9. The van der Waals surface area contributed by atoms with Crippen LogP contribution in [0.4, 0.5) is 0 Å². The van der Waals surface area contributed by atoms with E-state index in [4.69, 9.17) is 5.73 Å². The molecule has 0 aliphatic heterocycles. The SMILES string of the molecule is CC(=O)[C@@H]1CC[C@H]2[C@@H]3CC[C@H]4C[C@H](N)CC[C@]4(C)[C@H]3CC[C@]12C. The summed E-state index contributed by atoms with van der Waals surface area (Å²) in [6.07, 6.45) is 11.8. The second-order valence-corrected chi connectivity index (χ2v) is 9.98. The lowest BCUT2D eigenvalue weighted by Crippen LogP contribution is -2.54. The van der Waals surface area contributed by atoms with E-state index >= 15 is 0 Å². The molecule has 0 saturated heterocycles. The van der Waals surface area contributed by atoms with Crippen LogP contribution in [0.2, 0.25) is 0 Å². The molecule has 0 heterocycles. The largest absolute Gasteiger partial charge is 0.328 e. The van der Waals surface area contributed by atoms with Crippen molar-refractivity contribution in [3.8, 4) is 0 Å². The third-order valence-electron chi connectivity index (χ3n) is 9.20. The number of fused-ring (bicyclic) bond motifs is 5. The highest BCUT2D eigenvalue weighted by Gasteiger charge is 2.60. The molecule has 0 aromatic carbocycles. The summed E-state index contributed by atoms with van der Waals surface area (Å²) in [5, 5.41) is 0. The van der Waals surface area contributed by atoms with Crippen molar-refractivity contribution in [2.24, 2.45) is 46.2 Å². The molecule has 2 heteroatoms. The molecular weight excluding hydrogens is 282 g/mol. The maximum atomic E-state index is 12.2. The van der Waals surface area contributed by atoms with Crippen LogP contribution < -0.4 is 5.73 Å². The Bertz CT molecular complexity index is 502. The van der Waals surface area contributed by atoms with E-state index in [0.717, 1.165) is 30.1 Å². The molecule has 0 amide bonds. The predicted molar refractivity (Wildman–Crippen MR) is 93.9 cm³/mol. The molecule has 4 aliphatic rings. The summed E-state index contributed by atoms with van der Waals surface area (Å²) in [7, 11) is 0. The number of nitrogens with two attached hydrogens (primary N) is 1. The molecule has 8 atom stereocenters. The van der Waals surface area contributed by atoms with Gasteiger partial charge in [0.2, 0.25) is 0 Å². The van der Waals surface area contributed by atoms with Crippen molar-refractivity contribution < 1.29 is 4.79 Å². The van der Waals surface area contributed by atoms with Crippen LogP contribution in [0, 0.1) is 40.4 Å². The molecule has 4 fully saturated rings. The highest BCUT2D eigenvalue weighted by molar-refractivity contribution is 5.79. The minimum absolute atomic E-state index is 0.307. The van der Waals surface area contributed by atoms with E-state index < -0.39 is 0 Å². The zero-order valence-corrected chi connectivity index (χ0v) is 15.3. The minimum Gasteiger partial charge on any atom is -0.328 e. The van der Waals surface area contributed by atoms with Crippen LogP contribution in [0.15, 0.2) is 0 Å². The van der Waals surface area contributed by atoms with Crippen molar-refractivity contribution >= 4 is 5.78 Å². The monoisotopic (exact) mass is 317 g/mol. The molecule has 0 aromatic rings. The molecule has 2 nitrogen and oxygen atoms in total. The van der Waals surface area contributed by atoms with E-state index in [2.05, 4.69) is 13.8 Å². The van der Waals surface area contributed by atoms with Crippen LogP contribution in [0.25, 0.3) is 0 Å². The fourth-order valence-corrected chi connectivity index (χ4v) is 7.96. The van der Waals surface area contributed by atoms with Crippen LogP contribution in [-0.4, -0.2) is 11.8 Å². The van der Waals surface area contributed by atoms with Gasteiger partial charge in [-0.3, -0.25) is 4.79 Å². The van der Waals surface area contributed by atoms with Gasteiger partial charge in [0, 0.05) is 12.0 Å². The van der Waals surface area contributed by atoms with E-state index in [1.54, 1.807) is 0 Å². The Morgan fingerprint density at radius 3 is 2.35 bits per heavy atom. The van der Waals surface area contributed by atoms with Crippen molar-refractivity contribution in [2.75, 3.05) is 0 Å². The summed E-state index contributed by atoms with van der Waals surface area (Å²) < 4.78 is 0. The molecule has 4 aliphatic carbocycles. The summed E-state index contributed by atoms with van der Waals surface area (Å²) >= 11 is 0. The normalized spacial score (nSPS) is 55.7. The maximum absolute atomic E-state index is 12.2. The summed E-state index contributed by atoms with van der Waals surface area (Å²) in [6.45, 7) is 6.89. The quantitative estimate of drug-likeness (QED) is 0.770. The Morgan fingerprint density at radius 2 is 1.61 bits per heavy atom. The van der Waals surface area contributed by atoms with Crippen LogP contribution in [0.1, 0.15) is 78.6 Å². The molecular formula is C21H35NO. The summed E-state index contributed by atoms with van der Waals surface area (Å²) in [4.78, 5) is 12.2. The molecule has 4 saturated carbocycles. The topological polar surface area (TPSA) is 43.1 Å². The van der Waals surface area contributed by atoms with E-state index in [1.165, 1.54) is 51.4 Å². The van der Waals surface area contributed by atoms with Gasteiger partial charge in [-0.1, -0.05) is 13.8 Å². The number of carbonyl (C=O) groups is 1. The van der Waals surface area contributed by atoms with Gasteiger partial charge >= 0.3 is 0 Å². The Kier molecular flexibility index (Phi) is 3.72. The molecule has 23 heavy (non-hydrogen) atoms. The Balaban J connectivity index is 1.61. The van der Waals surface area contributed by atoms with Gasteiger partial charge in [-0.15, -0.1) is 0 Å². The van der Waals surface area contributed by atoms with E-state index in [9.17, 15) is 4.79 Å². The smallest absolute Gasteiger partial charge is 0.133 e. The van der Waals surface area contributed by atoms with Gasteiger partial charge in [-0.2, -0.15) is 0 Å². The number of ketones is 1. The van der Waals surface area contributed by atoms with E-state index in [1.807, 2.05) is 6.92 Å². The first-order valence-electron chi connectivity index (χ1n) is 10.1. The van der Waals surface area contributed by atoms with E-state index in [0.29, 0.717) is 28.6 Å². The van der Waals surface area contributed by atoms with Crippen molar-refractivity contribution in [1.29, 1.82) is 0 Å². The zero-order chi connectivity index (χ0) is 16.4. The van der Waals surface area contributed by atoms with Gasteiger partial charge in [0.1, 0.15) is 5.78 Å². The van der Waals surface area contributed by atoms with Gasteiger partial charge < -0.3 is 5.73 Å². The highest BCUT2D eigenvalue weighted by atomic mass is 16.1. The Labute approximate surface area is 142 Å². The fourth-order valence-electron chi connectivity index (χ4n) is 7.96. The number of Topliss-reactive ketones (excluding diaryl/α,β-unsaturated/α-hetero) is 1. The van der Waals surface area contributed by atoms with Gasteiger partial charge in [-0.25, -0.2) is 0 Å². The molecule has 0 bridgehead atoms. The molecule has 2 N–H and O–H groups in total. The number of carbonyl (C=O) groups excluding carboxylic acids is 1. The third kappa shape index (κ3) is 2.19. The van der Waals surface area contributed by atoms with Crippen molar-refractivity contribution in [3.63, 3.8) is 0 Å². The number of hydrogen-bond acceptors (Lipinski definition) is 2. The predicted octanol–water partition coefficient (Wildman–Crippen LogP) is 4.56. The molecule has 130 valence electrons. The molecule has 0 spiro atoms. The first kappa shape index (κ1) is 16.1. The number of hydrogen-bond donors (Lipinski definition) is 1. The summed E-state index contributed by atoms with van der Waals surface area (Å²) in [5.41, 5.74) is 7.13. The Hall–Kier alpha value is -0.370. The van der Waals surface area contributed by atoms with Crippen molar-refractivity contribution in [2.45, 2.75) is 84.6 Å². The van der Waals surface area contributed by atoms with Gasteiger partial charge in [0.25, 0.3) is 0 Å². The lowest BCUT2D eigenvalue weighted by atomic mass is 9.44. The number of rotatable bonds is 1. The molecule has 0 unspecified atom stereocenters. The average molecular weight is 318 g/mol. The maximum Gasteiger partial charge on any atom is 0.133 e. The summed E-state index contributed by atoms with van der Waals surface area (Å²) in [6, 6.07) is 0.451. The first-order valence-corrected chi connectivity index (χ1v) is 10.1. The summed E-state index contributed by atoms with van der Waals surface area (Å²) in [5.74, 6) is 4.26. The van der Waals surface area contributed by atoms with Crippen LogP contribution in [0.3, 0.4) is 0 Å². The van der Waals surface area contributed by atoms with Crippen LogP contribution in [-0.2, 0) is 4.79 Å². The molecule has 0 radical (unpaired) electrons. The van der Waals surface area contributed by atoms with Crippen LogP contribution >= 0.6 is 0 Å². The average Bonchev–Trinajstić information content (AvgIpc) is 2.85. The van der Waals surface area contributed by atoms with Crippen molar-refractivity contribution in [1.82, 2.24) is 0 Å². The van der Waals surface area contributed by atoms with Gasteiger partial charge in [-0.05, 0) is 99.2 Å². The van der Waals surface area contributed by atoms with E-state index in [-0.39, 0.29) is 0 Å². The second kappa shape index (κ2) is 5.31. The third-order valence-corrected chi connectivity index (χ3v) is 9.20. The molecule has 4 rings (SSSR count). The second-order valence-electron chi connectivity index (χ2n) is 9.98. The molecule has 0 aromatic heterocycles. The lowest BCUT2D eigenvalue weighted by molar-refractivity contribution is -0.134. The lowest BCUT2D eigenvalue weighted by Gasteiger charge is -2.61.